The van der Waals surface area contributed by atoms with Crippen molar-refractivity contribution in [1.29, 1.82) is 0 Å². The maximum Gasteiger partial charge on any atom is 0.328 e. The monoisotopic (exact) mass is 426 g/mol. The topological polar surface area (TPSA) is 67.2 Å². The summed E-state index contributed by atoms with van der Waals surface area (Å²) in [5.41, 5.74) is 2.31. The van der Waals surface area contributed by atoms with E-state index >= 15 is 0 Å². The number of anilines is 2. The number of fused-ring (bicyclic) bond motifs is 1. The SMILES string of the molecule is Cc1cc2c(cn1)c(=O)cc(N(C(=O)NC(C)(C)C)c1ccccc1)n2-c1ccccc1. The van der Waals surface area contributed by atoms with E-state index in [9.17, 15) is 9.59 Å². The van der Waals surface area contributed by atoms with E-state index in [1.165, 1.54) is 6.07 Å². The minimum Gasteiger partial charge on any atom is -0.333 e. The molecule has 2 aromatic carbocycles. The van der Waals surface area contributed by atoms with Gasteiger partial charge in [-0.15, -0.1) is 0 Å². The molecule has 0 saturated heterocycles. The molecule has 6 heteroatoms. The van der Waals surface area contributed by atoms with Crippen molar-refractivity contribution in [2.24, 2.45) is 0 Å². The van der Waals surface area contributed by atoms with Gasteiger partial charge in [-0.25, -0.2) is 9.69 Å². The van der Waals surface area contributed by atoms with E-state index in [4.69, 9.17) is 0 Å². The van der Waals surface area contributed by atoms with Crippen LogP contribution in [0.4, 0.5) is 16.3 Å². The fourth-order valence-electron chi connectivity index (χ4n) is 3.62. The van der Waals surface area contributed by atoms with E-state index in [1.807, 2.05) is 99.0 Å². The summed E-state index contributed by atoms with van der Waals surface area (Å²) >= 11 is 0. The normalized spacial score (nSPS) is 11.4. The van der Waals surface area contributed by atoms with Gasteiger partial charge in [-0.1, -0.05) is 36.4 Å². The molecule has 1 N–H and O–H groups in total. The Balaban J connectivity index is 2.08. The molecular weight excluding hydrogens is 400 g/mol. The van der Waals surface area contributed by atoms with Gasteiger partial charge in [0.05, 0.1) is 16.6 Å². The van der Waals surface area contributed by atoms with Crippen molar-refractivity contribution in [2.45, 2.75) is 33.2 Å². The second-order valence-corrected chi connectivity index (χ2v) is 8.73. The van der Waals surface area contributed by atoms with Gasteiger partial charge < -0.3 is 5.32 Å². The number of aryl methyl sites for hydroxylation is 1. The molecule has 2 aromatic heterocycles. The number of hydrogen-bond acceptors (Lipinski definition) is 3. The third kappa shape index (κ3) is 4.25. The first kappa shape index (κ1) is 21.3. The maximum atomic E-state index is 13.5. The second kappa shape index (κ2) is 8.30. The van der Waals surface area contributed by atoms with E-state index in [0.29, 0.717) is 22.4 Å². The average molecular weight is 427 g/mol. The van der Waals surface area contributed by atoms with Crippen LogP contribution in [0.15, 0.2) is 83.8 Å². The van der Waals surface area contributed by atoms with Crippen LogP contribution in [0.5, 0.6) is 0 Å². The van der Waals surface area contributed by atoms with E-state index in [2.05, 4.69) is 10.3 Å². The Hall–Kier alpha value is -3.93. The number of nitrogens with one attached hydrogen (secondary N) is 1. The first-order valence-corrected chi connectivity index (χ1v) is 10.5. The largest absolute Gasteiger partial charge is 0.333 e. The molecule has 0 bridgehead atoms. The van der Waals surface area contributed by atoms with Gasteiger partial charge in [0.15, 0.2) is 5.43 Å². The predicted octanol–water partition coefficient (Wildman–Crippen LogP) is 5.34. The number of aromatic nitrogens is 2. The number of pyridine rings is 2. The molecule has 162 valence electrons. The van der Waals surface area contributed by atoms with E-state index in [-0.39, 0.29) is 11.5 Å². The number of carbonyl (C=O) groups excluding carboxylic acids is 1. The van der Waals surface area contributed by atoms with Crippen LogP contribution in [0.1, 0.15) is 26.5 Å². The van der Waals surface area contributed by atoms with Crippen molar-refractivity contribution in [3.63, 3.8) is 0 Å². The number of amides is 2. The second-order valence-electron chi connectivity index (χ2n) is 8.73. The Morgan fingerprint density at radius 3 is 2.22 bits per heavy atom. The van der Waals surface area contributed by atoms with E-state index < -0.39 is 5.54 Å². The molecule has 4 rings (SSSR count). The van der Waals surface area contributed by atoms with Crippen LogP contribution in [0.3, 0.4) is 0 Å². The van der Waals surface area contributed by atoms with Gasteiger partial charge in [-0.05, 0) is 58.0 Å². The molecule has 4 aromatic rings. The Bertz CT molecular complexity index is 1320. The van der Waals surface area contributed by atoms with Crippen molar-refractivity contribution >= 4 is 28.4 Å². The summed E-state index contributed by atoms with van der Waals surface area (Å²) in [5.74, 6) is 0.451. The zero-order chi connectivity index (χ0) is 22.9. The van der Waals surface area contributed by atoms with E-state index in [0.717, 1.165) is 11.4 Å². The molecule has 32 heavy (non-hydrogen) atoms. The maximum absolute atomic E-state index is 13.5. The molecule has 0 saturated carbocycles. The lowest BCUT2D eigenvalue weighted by molar-refractivity contribution is 0.240. The molecule has 0 aliphatic heterocycles. The summed E-state index contributed by atoms with van der Waals surface area (Å²) in [6.45, 7) is 7.66. The highest BCUT2D eigenvalue weighted by Gasteiger charge is 2.26. The van der Waals surface area contributed by atoms with Gasteiger partial charge in [0.2, 0.25) is 0 Å². The van der Waals surface area contributed by atoms with Gasteiger partial charge in [0, 0.05) is 29.2 Å². The number of rotatable bonds is 3. The summed E-state index contributed by atoms with van der Waals surface area (Å²) in [7, 11) is 0. The molecular formula is C26H26N4O2. The fourth-order valence-corrected chi connectivity index (χ4v) is 3.62. The number of urea groups is 1. The minimum atomic E-state index is -0.459. The zero-order valence-electron chi connectivity index (χ0n) is 18.7. The molecule has 6 nitrogen and oxygen atoms in total. The van der Waals surface area contributed by atoms with Gasteiger partial charge in [0.1, 0.15) is 5.82 Å². The molecule has 0 radical (unpaired) electrons. The van der Waals surface area contributed by atoms with Crippen LogP contribution in [-0.2, 0) is 0 Å². The van der Waals surface area contributed by atoms with Gasteiger partial charge in [-0.3, -0.25) is 14.3 Å². The average Bonchev–Trinajstić information content (AvgIpc) is 2.74. The Morgan fingerprint density at radius 2 is 1.59 bits per heavy atom. The van der Waals surface area contributed by atoms with Crippen molar-refractivity contribution in [1.82, 2.24) is 14.9 Å². The molecule has 0 unspecified atom stereocenters. The summed E-state index contributed by atoms with van der Waals surface area (Å²) < 4.78 is 1.93. The van der Waals surface area contributed by atoms with Gasteiger partial charge in [-0.2, -0.15) is 0 Å². The number of nitrogens with zero attached hydrogens (tertiary/aromatic N) is 3. The predicted molar refractivity (Wildman–Crippen MR) is 129 cm³/mol. The molecule has 0 spiro atoms. The molecule has 0 aliphatic rings. The third-order valence-corrected chi connectivity index (χ3v) is 4.96. The number of carbonyl (C=O) groups is 1. The lowest BCUT2D eigenvalue weighted by Gasteiger charge is -2.31. The molecule has 2 heterocycles. The number of para-hydroxylation sites is 2. The zero-order valence-corrected chi connectivity index (χ0v) is 18.7. The fraction of sp³-hybridized carbons (Fsp3) is 0.192. The summed E-state index contributed by atoms with van der Waals surface area (Å²) in [5, 5.41) is 3.53. The smallest absolute Gasteiger partial charge is 0.328 e. The standard InChI is InChI=1S/C26H26N4O2/c1-18-15-22-21(17-27-18)23(31)16-24(29(22)19-11-7-5-8-12-19)30(20-13-9-6-10-14-20)25(32)28-26(2,3)4/h5-17H,1-4H3,(H,28,32). The minimum absolute atomic E-state index is 0.195. The highest BCUT2D eigenvalue weighted by molar-refractivity contribution is 6.00. The summed E-state index contributed by atoms with van der Waals surface area (Å²) in [6, 6.07) is 22.1. The lowest BCUT2D eigenvalue weighted by Crippen LogP contribution is -2.47. The molecule has 0 fully saturated rings. The summed E-state index contributed by atoms with van der Waals surface area (Å²) in [4.78, 5) is 32.5. The van der Waals surface area contributed by atoms with E-state index in [1.54, 1.807) is 11.1 Å². The number of hydrogen-bond donors (Lipinski definition) is 1. The highest BCUT2D eigenvalue weighted by Crippen LogP contribution is 2.31. The van der Waals surface area contributed by atoms with Crippen molar-refractivity contribution in [3.8, 4) is 5.69 Å². The van der Waals surface area contributed by atoms with Crippen LogP contribution in [-0.4, -0.2) is 21.1 Å². The molecule has 0 aliphatic carbocycles. The third-order valence-electron chi connectivity index (χ3n) is 4.96. The number of benzene rings is 2. The molecule has 0 atom stereocenters. The summed E-state index contributed by atoms with van der Waals surface area (Å²) in [6.07, 6.45) is 1.60. The van der Waals surface area contributed by atoms with Gasteiger partial charge >= 0.3 is 6.03 Å². The Morgan fingerprint density at radius 1 is 0.969 bits per heavy atom. The van der Waals surface area contributed by atoms with Crippen molar-refractivity contribution in [2.75, 3.05) is 4.90 Å². The lowest BCUT2D eigenvalue weighted by atomic mass is 10.1. The van der Waals surface area contributed by atoms with Crippen molar-refractivity contribution < 1.29 is 4.79 Å². The highest BCUT2D eigenvalue weighted by atomic mass is 16.2. The van der Waals surface area contributed by atoms with Crippen LogP contribution in [0.25, 0.3) is 16.6 Å². The van der Waals surface area contributed by atoms with Gasteiger partial charge in [0.25, 0.3) is 0 Å². The van der Waals surface area contributed by atoms with Crippen LogP contribution < -0.4 is 15.6 Å². The first-order chi connectivity index (χ1) is 15.2. The van der Waals surface area contributed by atoms with Crippen LogP contribution in [0, 0.1) is 6.92 Å². The van der Waals surface area contributed by atoms with Crippen LogP contribution in [0.2, 0.25) is 0 Å². The van der Waals surface area contributed by atoms with Crippen molar-refractivity contribution in [3.05, 3.63) is 94.9 Å². The van der Waals surface area contributed by atoms with Crippen LogP contribution >= 0.6 is 0 Å². The Labute approximate surface area is 187 Å². The quantitative estimate of drug-likeness (QED) is 0.481. The molecule has 2 amide bonds. The Kier molecular flexibility index (Phi) is 5.53. The first-order valence-electron chi connectivity index (χ1n) is 10.5.